The number of hydrogen-bond donors (Lipinski definition) is 0. The third-order valence-corrected chi connectivity index (χ3v) is 5.31. The molecule has 0 bridgehead atoms. The monoisotopic (exact) mass is 304 g/mol. The Kier molecular flexibility index (Phi) is 3.64. The zero-order valence-corrected chi connectivity index (χ0v) is 13.2. The summed E-state index contributed by atoms with van der Waals surface area (Å²) in [6, 6.07) is 0.813. The van der Waals surface area contributed by atoms with Crippen molar-refractivity contribution in [2.45, 2.75) is 70.0 Å². The van der Waals surface area contributed by atoms with Crippen LogP contribution in [-0.2, 0) is 11.3 Å². The van der Waals surface area contributed by atoms with E-state index >= 15 is 0 Å². The molecule has 3 aliphatic rings. The molecule has 1 amide bonds. The molecule has 2 saturated heterocycles. The lowest BCUT2D eigenvalue weighted by molar-refractivity contribution is -0.130. The number of carbonyl (C=O) groups excluding carboxylic acids is 1. The zero-order valence-electron chi connectivity index (χ0n) is 13.2. The van der Waals surface area contributed by atoms with Crippen LogP contribution in [0.15, 0.2) is 4.42 Å². The van der Waals surface area contributed by atoms with Gasteiger partial charge in [-0.2, -0.15) is 0 Å². The maximum absolute atomic E-state index is 11.8. The molecule has 0 spiro atoms. The molecule has 0 N–H and O–H groups in total. The van der Waals surface area contributed by atoms with Crippen LogP contribution >= 0.6 is 0 Å². The molecule has 0 aromatic carbocycles. The average molecular weight is 304 g/mol. The second kappa shape index (κ2) is 5.65. The lowest BCUT2D eigenvalue weighted by atomic mass is 10.0. The van der Waals surface area contributed by atoms with Crippen molar-refractivity contribution in [1.82, 2.24) is 20.0 Å². The minimum atomic E-state index is 0.211. The zero-order chi connectivity index (χ0) is 15.1. The Bertz CT molecular complexity index is 554. The van der Waals surface area contributed by atoms with Gasteiger partial charge in [0.1, 0.15) is 0 Å². The van der Waals surface area contributed by atoms with Crippen LogP contribution in [-0.4, -0.2) is 51.1 Å². The van der Waals surface area contributed by atoms with Crippen molar-refractivity contribution in [3.05, 3.63) is 11.8 Å². The smallest absolute Gasteiger partial charge is 0.230 e. The van der Waals surface area contributed by atoms with E-state index in [9.17, 15) is 4.79 Å². The normalized spacial score (nSPS) is 29.4. The van der Waals surface area contributed by atoms with Crippen molar-refractivity contribution in [1.29, 1.82) is 0 Å². The largest absolute Gasteiger partial charge is 0.424 e. The fourth-order valence-electron chi connectivity index (χ4n) is 4.07. The van der Waals surface area contributed by atoms with E-state index in [1.807, 2.05) is 0 Å². The van der Waals surface area contributed by atoms with Crippen LogP contribution in [0, 0.1) is 0 Å². The van der Waals surface area contributed by atoms with Crippen LogP contribution in [0.3, 0.4) is 0 Å². The van der Waals surface area contributed by atoms with E-state index in [4.69, 9.17) is 4.42 Å². The summed E-state index contributed by atoms with van der Waals surface area (Å²) in [4.78, 5) is 16.3. The summed E-state index contributed by atoms with van der Waals surface area (Å²) in [6.45, 7) is 4.40. The Labute approximate surface area is 130 Å². The molecule has 4 rings (SSSR count). The first kappa shape index (κ1) is 14.2. The van der Waals surface area contributed by atoms with Crippen LogP contribution in [0.4, 0.5) is 0 Å². The Morgan fingerprint density at radius 1 is 1.14 bits per heavy atom. The van der Waals surface area contributed by atoms with Crippen LogP contribution in [0.1, 0.15) is 63.1 Å². The van der Waals surface area contributed by atoms with E-state index in [1.54, 1.807) is 6.92 Å². The molecule has 1 saturated carbocycles. The average Bonchev–Trinajstić information content (AvgIpc) is 2.94. The topological polar surface area (TPSA) is 62.5 Å². The number of hydrogen-bond acceptors (Lipinski definition) is 5. The van der Waals surface area contributed by atoms with E-state index in [-0.39, 0.29) is 5.91 Å². The van der Waals surface area contributed by atoms with Crippen molar-refractivity contribution in [2.75, 3.05) is 13.1 Å². The first-order valence-corrected chi connectivity index (χ1v) is 8.56. The van der Waals surface area contributed by atoms with Gasteiger partial charge in [0.05, 0.1) is 6.54 Å². The van der Waals surface area contributed by atoms with Crippen LogP contribution in [0.2, 0.25) is 0 Å². The van der Waals surface area contributed by atoms with Gasteiger partial charge in [0, 0.05) is 31.5 Å². The van der Waals surface area contributed by atoms with Gasteiger partial charge in [0.25, 0.3) is 0 Å². The third kappa shape index (κ3) is 2.64. The van der Waals surface area contributed by atoms with Gasteiger partial charge in [0.15, 0.2) is 0 Å². The summed E-state index contributed by atoms with van der Waals surface area (Å²) >= 11 is 0. The van der Waals surface area contributed by atoms with Gasteiger partial charge in [-0.3, -0.25) is 9.69 Å². The minimum Gasteiger partial charge on any atom is -0.424 e. The van der Waals surface area contributed by atoms with E-state index in [0.717, 1.165) is 50.7 Å². The fourth-order valence-corrected chi connectivity index (χ4v) is 4.07. The molecule has 120 valence electrons. The van der Waals surface area contributed by atoms with E-state index in [0.29, 0.717) is 18.0 Å². The molecule has 2 atom stereocenters. The Hall–Kier alpha value is -1.43. The van der Waals surface area contributed by atoms with Crippen LogP contribution in [0.5, 0.6) is 0 Å². The predicted molar refractivity (Wildman–Crippen MR) is 80.1 cm³/mol. The first-order chi connectivity index (χ1) is 10.7. The molecule has 1 aromatic heterocycles. The molecule has 0 radical (unpaired) electrons. The van der Waals surface area contributed by atoms with E-state index in [1.165, 1.54) is 19.3 Å². The van der Waals surface area contributed by atoms with Gasteiger partial charge in [-0.25, -0.2) is 0 Å². The third-order valence-electron chi connectivity index (χ3n) is 5.31. The van der Waals surface area contributed by atoms with Crippen LogP contribution < -0.4 is 0 Å². The maximum atomic E-state index is 11.8. The highest BCUT2D eigenvalue weighted by molar-refractivity contribution is 5.74. The number of carbonyl (C=O) groups is 1. The molecule has 2 aliphatic heterocycles. The van der Waals surface area contributed by atoms with Crippen molar-refractivity contribution in [3.8, 4) is 0 Å². The summed E-state index contributed by atoms with van der Waals surface area (Å²) in [5, 5.41) is 8.40. The lowest BCUT2D eigenvalue weighted by Gasteiger charge is -2.34. The Morgan fingerprint density at radius 2 is 1.91 bits per heavy atom. The highest BCUT2D eigenvalue weighted by Crippen LogP contribution is 2.39. The maximum Gasteiger partial charge on any atom is 0.230 e. The SMILES string of the molecule is CC(=O)N1CCC[C@H]1[C@@H]1CCCN1Cc1nnc(C2CC2)o1. The quantitative estimate of drug-likeness (QED) is 0.850. The second-order valence-corrected chi connectivity index (χ2v) is 6.91. The number of amides is 1. The number of aromatic nitrogens is 2. The van der Waals surface area contributed by atoms with Crippen LogP contribution in [0.25, 0.3) is 0 Å². The van der Waals surface area contributed by atoms with Gasteiger partial charge in [-0.05, 0) is 45.1 Å². The first-order valence-electron chi connectivity index (χ1n) is 8.56. The fraction of sp³-hybridized carbons (Fsp3) is 0.812. The summed E-state index contributed by atoms with van der Waals surface area (Å²) < 4.78 is 5.81. The minimum absolute atomic E-state index is 0.211. The molecular weight excluding hydrogens is 280 g/mol. The van der Waals surface area contributed by atoms with Crippen molar-refractivity contribution in [2.24, 2.45) is 0 Å². The summed E-state index contributed by atoms with van der Waals surface area (Å²) in [7, 11) is 0. The van der Waals surface area contributed by atoms with Gasteiger partial charge >= 0.3 is 0 Å². The van der Waals surface area contributed by atoms with Gasteiger partial charge < -0.3 is 9.32 Å². The summed E-state index contributed by atoms with van der Waals surface area (Å²) in [5.41, 5.74) is 0. The van der Waals surface area contributed by atoms with E-state index < -0.39 is 0 Å². The van der Waals surface area contributed by atoms with Gasteiger partial charge in [-0.1, -0.05) is 0 Å². The predicted octanol–water partition coefficient (Wildman–Crippen LogP) is 1.92. The lowest BCUT2D eigenvalue weighted by Crippen LogP contribution is -2.47. The number of likely N-dealkylation sites (tertiary alicyclic amines) is 2. The van der Waals surface area contributed by atoms with E-state index in [2.05, 4.69) is 20.0 Å². The summed E-state index contributed by atoms with van der Waals surface area (Å²) in [6.07, 6.45) is 6.97. The molecule has 1 aromatic rings. The molecule has 6 heteroatoms. The molecule has 0 unspecified atom stereocenters. The van der Waals surface area contributed by atoms with Gasteiger partial charge in [-0.15, -0.1) is 10.2 Å². The second-order valence-electron chi connectivity index (χ2n) is 6.91. The highest BCUT2D eigenvalue weighted by atomic mass is 16.4. The van der Waals surface area contributed by atoms with Crippen molar-refractivity contribution in [3.63, 3.8) is 0 Å². The highest BCUT2D eigenvalue weighted by Gasteiger charge is 2.39. The number of rotatable bonds is 4. The molecule has 22 heavy (non-hydrogen) atoms. The number of nitrogens with zero attached hydrogens (tertiary/aromatic N) is 4. The molecule has 3 heterocycles. The van der Waals surface area contributed by atoms with Crippen molar-refractivity contribution >= 4 is 5.91 Å². The summed E-state index contributed by atoms with van der Waals surface area (Å²) in [5.74, 6) is 2.28. The Morgan fingerprint density at radius 3 is 2.68 bits per heavy atom. The molecule has 3 fully saturated rings. The van der Waals surface area contributed by atoms with Gasteiger partial charge in [0.2, 0.25) is 17.7 Å². The molecule has 6 nitrogen and oxygen atoms in total. The Balaban J connectivity index is 1.44. The molecular formula is C16H24N4O2. The standard InChI is InChI=1S/C16H24N4O2/c1-11(21)20-9-3-5-14(20)13-4-2-8-19(13)10-15-17-18-16(22-15)12-6-7-12/h12-14H,2-10H2,1H3/t13-,14-/m0/s1. The van der Waals surface area contributed by atoms with Crippen molar-refractivity contribution < 1.29 is 9.21 Å². The molecule has 1 aliphatic carbocycles.